The molecule has 1 aliphatic rings. The minimum absolute atomic E-state index is 0.0302. The Kier molecular flexibility index (Phi) is 3.00. The molecule has 20 heavy (non-hydrogen) atoms. The quantitative estimate of drug-likeness (QED) is 0.836. The first-order valence-corrected chi connectivity index (χ1v) is 7.10. The molecule has 0 atom stereocenters. The highest BCUT2D eigenvalue weighted by Crippen LogP contribution is 2.35. The Morgan fingerprint density at radius 1 is 1.20 bits per heavy atom. The van der Waals surface area contributed by atoms with Gasteiger partial charge in [0.25, 0.3) is 0 Å². The van der Waals surface area contributed by atoms with E-state index in [1.165, 1.54) is 5.56 Å². The van der Waals surface area contributed by atoms with Crippen molar-refractivity contribution in [1.29, 1.82) is 0 Å². The molecule has 0 bridgehead atoms. The van der Waals surface area contributed by atoms with E-state index in [1.54, 1.807) is 0 Å². The standard InChI is InChI=1S/C17H20N2O/c1-12-16-14(9-17(2,3)10-15(16)20)18-19(12)11-13-7-5-4-6-8-13/h4-8H,9-11H2,1-3H3. The van der Waals surface area contributed by atoms with Gasteiger partial charge in [-0.05, 0) is 24.3 Å². The number of fused-ring (bicyclic) bond motifs is 1. The fraction of sp³-hybridized carbons (Fsp3) is 0.412. The fourth-order valence-electron chi connectivity index (χ4n) is 3.04. The summed E-state index contributed by atoms with van der Waals surface area (Å²) in [6, 6.07) is 10.2. The molecular formula is C17H20N2O. The van der Waals surface area contributed by atoms with Gasteiger partial charge in [0.2, 0.25) is 0 Å². The maximum Gasteiger partial charge on any atom is 0.167 e. The highest BCUT2D eigenvalue weighted by Gasteiger charge is 2.34. The molecule has 1 aliphatic carbocycles. The molecule has 1 aromatic heterocycles. The Balaban J connectivity index is 1.98. The maximum atomic E-state index is 12.3. The van der Waals surface area contributed by atoms with Crippen LogP contribution in [0.25, 0.3) is 0 Å². The van der Waals surface area contributed by atoms with Crippen LogP contribution in [0, 0.1) is 12.3 Å². The first kappa shape index (κ1) is 13.1. The smallest absolute Gasteiger partial charge is 0.167 e. The van der Waals surface area contributed by atoms with Crippen molar-refractivity contribution in [2.75, 3.05) is 0 Å². The van der Waals surface area contributed by atoms with Crippen LogP contribution in [0.2, 0.25) is 0 Å². The van der Waals surface area contributed by atoms with Crippen molar-refractivity contribution >= 4 is 5.78 Å². The molecule has 0 amide bonds. The minimum atomic E-state index is 0.0302. The number of aromatic nitrogens is 2. The molecule has 0 saturated carbocycles. The van der Waals surface area contributed by atoms with E-state index in [0.717, 1.165) is 29.9 Å². The summed E-state index contributed by atoms with van der Waals surface area (Å²) >= 11 is 0. The summed E-state index contributed by atoms with van der Waals surface area (Å²) in [4.78, 5) is 12.3. The van der Waals surface area contributed by atoms with Gasteiger partial charge in [0.15, 0.2) is 5.78 Å². The van der Waals surface area contributed by atoms with E-state index in [0.29, 0.717) is 6.42 Å². The third kappa shape index (κ3) is 2.28. The number of nitrogens with zero attached hydrogens (tertiary/aromatic N) is 2. The molecule has 104 valence electrons. The second kappa shape index (κ2) is 4.58. The largest absolute Gasteiger partial charge is 0.294 e. The normalized spacial score (nSPS) is 17.1. The van der Waals surface area contributed by atoms with Crippen molar-refractivity contribution in [1.82, 2.24) is 9.78 Å². The van der Waals surface area contributed by atoms with Gasteiger partial charge in [-0.3, -0.25) is 9.48 Å². The van der Waals surface area contributed by atoms with Crippen LogP contribution in [-0.4, -0.2) is 15.6 Å². The second-order valence-electron chi connectivity index (χ2n) is 6.49. The molecule has 0 saturated heterocycles. The van der Waals surface area contributed by atoms with Crippen LogP contribution in [0.4, 0.5) is 0 Å². The topological polar surface area (TPSA) is 34.9 Å². The summed E-state index contributed by atoms with van der Waals surface area (Å²) in [7, 11) is 0. The van der Waals surface area contributed by atoms with Gasteiger partial charge in [-0.25, -0.2) is 0 Å². The van der Waals surface area contributed by atoms with Crippen LogP contribution in [0.5, 0.6) is 0 Å². The highest BCUT2D eigenvalue weighted by molar-refractivity contribution is 5.99. The summed E-state index contributed by atoms with van der Waals surface area (Å²) < 4.78 is 1.97. The Morgan fingerprint density at radius 3 is 2.60 bits per heavy atom. The number of Topliss-reactive ketones (excluding diaryl/α,β-unsaturated/α-hetero) is 1. The van der Waals surface area contributed by atoms with Crippen LogP contribution >= 0.6 is 0 Å². The lowest BCUT2D eigenvalue weighted by molar-refractivity contribution is 0.0911. The van der Waals surface area contributed by atoms with Crippen molar-refractivity contribution in [2.24, 2.45) is 5.41 Å². The molecule has 3 rings (SSSR count). The maximum absolute atomic E-state index is 12.3. The van der Waals surface area contributed by atoms with Crippen LogP contribution in [0.15, 0.2) is 30.3 Å². The number of hydrogen-bond acceptors (Lipinski definition) is 2. The molecule has 0 N–H and O–H groups in total. The highest BCUT2D eigenvalue weighted by atomic mass is 16.1. The SMILES string of the molecule is Cc1c2c(nn1Cc1ccccc1)CC(C)(C)CC2=O. The van der Waals surface area contributed by atoms with E-state index in [2.05, 4.69) is 31.1 Å². The monoisotopic (exact) mass is 268 g/mol. The molecule has 1 heterocycles. The van der Waals surface area contributed by atoms with Gasteiger partial charge >= 0.3 is 0 Å². The zero-order valence-electron chi connectivity index (χ0n) is 12.3. The van der Waals surface area contributed by atoms with Crippen LogP contribution in [0.1, 0.15) is 47.6 Å². The Hall–Kier alpha value is -1.90. The van der Waals surface area contributed by atoms with Gasteiger partial charge in [0.1, 0.15) is 0 Å². The summed E-state index contributed by atoms with van der Waals surface area (Å²) in [6.45, 7) is 7.01. The lowest BCUT2D eigenvalue weighted by Gasteiger charge is -2.27. The lowest BCUT2D eigenvalue weighted by Crippen LogP contribution is -2.26. The zero-order chi connectivity index (χ0) is 14.3. The van der Waals surface area contributed by atoms with Crippen molar-refractivity contribution in [3.63, 3.8) is 0 Å². The van der Waals surface area contributed by atoms with E-state index < -0.39 is 0 Å². The van der Waals surface area contributed by atoms with Crippen LogP contribution < -0.4 is 0 Å². The summed E-state index contributed by atoms with van der Waals surface area (Å²) in [5.41, 5.74) is 4.08. The molecule has 0 unspecified atom stereocenters. The van der Waals surface area contributed by atoms with Gasteiger partial charge in [-0.15, -0.1) is 0 Å². The Morgan fingerprint density at radius 2 is 1.90 bits per heavy atom. The van der Waals surface area contributed by atoms with Gasteiger partial charge in [0.05, 0.1) is 17.8 Å². The van der Waals surface area contributed by atoms with E-state index in [9.17, 15) is 4.79 Å². The molecule has 1 aromatic carbocycles. The summed E-state index contributed by atoms with van der Waals surface area (Å²) in [5, 5.41) is 4.69. The molecule has 0 fully saturated rings. The average Bonchev–Trinajstić information content (AvgIpc) is 2.65. The number of carbonyl (C=O) groups excluding carboxylic acids is 1. The first-order chi connectivity index (χ1) is 9.46. The van der Waals surface area contributed by atoms with E-state index >= 15 is 0 Å². The van der Waals surface area contributed by atoms with E-state index in [4.69, 9.17) is 0 Å². The lowest BCUT2D eigenvalue weighted by atomic mass is 9.76. The average molecular weight is 268 g/mol. The number of hydrogen-bond donors (Lipinski definition) is 0. The Bertz CT molecular complexity index is 653. The fourth-order valence-corrected chi connectivity index (χ4v) is 3.04. The zero-order valence-corrected chi connectivity index (χ0v) is 12.3. The molecule has 3 heteroatoms. The minimum Gasteiger partial charge on any atom is -0.294 e. The summed E-state index contributed by atoms with van der Waals surface area (Å²) in [5.74, 6) is 0.244. The predicted octanol–water partition coefficient (Wildman–Crippen LogP) is 3.39. The van der Waals surface area contributed by atoms with Crippen LogP contribution in [-0.2, 0) is 13.0 Å². The van der Waals surface area contributed by atoms with E-state index in [1.807, 2.05) is 29.8 Å². The second-order valence-corrected chi connectivity index (χ2v) is 6.49. The van der Waals surface area contributed by atoms with Crippen molar-refractivity contribution in [3.8, 4) is 0 Å². The van der Waals surface area contributed by atoms with Crippen molar-refractivity contribution in [2.45, 2.75) is 40.2 Å². The summed E-state index contributed by atoms with van der Waals surface area (Å²) in [6.07, 6.45) is 1.51. The van der Waals surface area contributed by atoms with E-state index in [-0.39, 0.29) is 11.2 Å². The Labute approximate surface area is 119 Å². The number of ketones is 1. The van der Waals surface area contributed by atoms with Gasteiger partial charge in [-0.2, -0.15) is 5.10 Å². The third-order valence-electron chi connectivity index (χ3n) is 4.02. The third-order valence-corrected chi connectivity index (χ3v) is 4.02. The number of carbonyl (C=O) groups is 1. The molecule has 0 radical (unpaired) electrons. The molecule has 0 spiro atoms. The predicted molar refractivity (Wildman–Crippen MR) is 78.9 cm³/mol. The number of benzene rings is 1. The van der Waals surface area contributed by atoms with Crippen molar-refractivity contribution in [3.05, 3.63) is 52.8 Å². The van der Waals surface area contributed by atoms with Crippen LogP contribution in [0.3, 0.4) is 0 Å². The van der Waals surface area contributed by atoms with Gasteiger partial charge in [0, 0.05) is 12.1 Å². The van der Waals surface area contributed by atoms with Crippen molar-refractivity contribution < 1.29 is 4.79 Å². The van der Waals surface area contributed by atoms with Gasteiger partial charge in [-0.1, -0.05) is 44.2 Å². The number of rotatable bonds is 2. The van der Waals surface area contributed by atoms with Gasteiger partial charge < -0.3 is 0 Å². The molecule has 0 aliphatic heterocycles. The molecular weight excluding hydrogens is 248 g/mol. The first-order valence-electron chi connectivity index (χ1n) is 7.10. The molecule has 3 nitrogen and oxygen atoms in total. The molecule has 2 aromatic rings.